The Kier molecular flexibility index (Phi) is 4.24. The van der Waals surface area contributed by atoms with Crippen molar-refractivity contribution in [3.8, 4) is 0 Å². The van der Waals surface area contributed by atoms with Crippen LogP contribution in [0.3, 0.4) is 0 Å². The first kappa shape index (κ1) is 13.9. The number of aryl methyl sites for hydroxylation is 1. The summed E-state index contributed by atoms with van der Waals surface area (Å²) in [5.74, 6) is -1.17. The van der Waals surface area contributed by atoms with Gasteiger partial charge in [-0.2, -0.15) is 4.39 Å². The van der Waals surface area contributed by atoms with Gasteiger partial charge in [-0.25, -0.2) is 4.98 Å². The lowest BCUT2D eigenvalue weighted by atomic mass is 10.2. The van der Waals surface area contributed by atoms with Gasteiger partial charge in [0.05, 0.1) is 5.69 Å². The van der Waals surface area contributed by atoms with Crippen molar-refractivity contribution in [2.24, 2.45) is 0 Å². The molecule has 0 saturated heterocycles. The number of nitrogens with zero attached hydrogens (tertiary/aromatic N) is 2. The molecule has 0 atom stereocenters. The van der Waals surface area contributed by atoms with E-state index in [1.807, 2.05) is 6.92 Å². The highest BCUT2D eigenvalue weighted by Crippen LogP contribution is 2.08. The second-order valence-electron chi connectivity index (χ2n) is 4.27. The van der Waals surface area contributed by atoms with Crippen molar-refractivity contribution in [3.05, 3.63) is 58.5 Å². The van der Waals surface area contributed by atoms with E-state index in [4.69, 9.17) is 0 Å². The van der Waals surface area contributed by atoms with Crippen molar-refractivity contribution >= 4 is 11.6 Å². The molecule has 0 radical (unpaired) electrons. The summed E-state index contributed by atoms with van der Waals surface area (Å²) < 4.78 is 14.5. The van der Waals surface area contributed by atoms with E-state index >= 15 is 0 Å². The highest BCUT2D eigenvalue weighted by atomic mass is 19.1. The second-order valence-corrected chi connectivity index (χ2v) is 4.27. The van der Waals surface area contributed by atoms with Gasteiger partial charge in [0.2, 0.25) is 5.95 Å². The quantitative estimate of drug-likeness (QED) is 0.868. The smallest absolute Gasteiger partial charge is 0.255 e. The fourth-order valence-corrected chi connectivity index (χ4v) is 1.77. The number of rotatable bonds is 4. The number of amides is 1. The molecule has 6 heteroatoms. The average molecular weight is 275 g/mol. The minimum Gasteiger partial charge on any atom is -0.321 e. The van der Waals surface area contributed by atoms with E-state index in [-0.39, 0.29) is 11.1 Å². The van der Waals surface area contributed by atoms with Gasteiger partial charge in [-0.1, -0.05) is 6.92 Å². The summed E-state index contributed by atoms with van der Waals surface area (Å²) in [4.78, 5) is 26.9. The van der Waals surface area contributed by atoms with Crippen LogP contribution in [0.2, 0.25) is 0 Å². The molecule has 0 spiro atoms. The molecule has 2 aromatic heterocycles. The van der Waals surface area contributed by atoms with Crippen LogP contribution in [0.4, 0.5) is 10.1 Å². The highest BCUT2D eigenvalue weighted by molar-refractivity contribution is 6.04. The lowest BCUT2D eigenvalue weighted by molar-refractivity contribution is 0.102. The molecular formula is C14H14FN3O2. The van der Waals surface area contributed by atoms with Crippen LogP contribution in [0, 0.1) is 5.95 Å². The molecule has 2 heterocycles. The summed E-state index contributed by atoms with van der Waals surface area (Å²) >= 11 is 0. The molecule has 0 fully saturated rings. The number of carbonyl (C=O) groups is 1. The summed E-state index contributed by atoms with van der Waals surface area (Å²) in [5, 5.41) is 2.62. The maximum absolute atomic E-state index is 12.9. The molecule has 20 heavy (non-hydrogen) atoms. The standard InChI is InChI=1S/C14H14FN3O2/c1-2-7-18-9-11(3-4-13(18)19)17-14(20)10-5-6-16-12(15)8-10/h3-6,8-9H,2,7H2,1H3,(H,17,20). The third kappa shape index (κ3) is 3.28. The van der Waals surface area contributed by atoms with Crippen molar-refractivity contribution in [1.82, 2.24) is 9.55 Å². The summed E-state index contributed by atoms with van der Waals surface area (Å²) in [6.45, 7) is 2.53. The van der Waals surface area contributed by atoms with Crippen LogP contribution in [-0.4, -0.2) is 15.5 Å². The van der Waals surface area contributed by atoms with Crippen LogP contribution in [0.15, 0.2) is 41.5 Å². The fraction of sp³-hybridized carbons (Fsp3) is 0.214. The summed E-state index contributed by atoms with van der Waals surface area (Å²) in [6, 6.07) is 5.38. The summed E-state index contributed by atoms with van der Waals surface area (Å²) in [6.07, 6.45) is 3.61. The molecular weight excluding hydrogens is 261 g/mol. The predicted octanol–water partition coefficient (Wildman–Crippen LogP) is 2.04. The van der Waals surface area contributed by atoms with Crippen molar-refractivity contribution in [1.29, 1.82) is 0 Å². The lowest BCUT2D eigenvalue weighted by Crippen LogP contribution is -2.20. The Hall–Kier alpha value is -2.50. The highest BCUT2D eigenvalue weighted by Gasteiger charge is 2.08. The van der Waals surface area contributed by atoms with Gasteiger partial charge in [0.1, 0.15) is 0 Å². The first-order valence-corrected chi connectivity index (χ1v) is 6.23. The maximum Gasteiger partial charge on any atom is 0.255 e. The topological polar surface area (TPSA) is 64.0 Å². The van der Waals surface area contributed by atoms with Crippen LogP contribution in [0.25, 0.3) is 0 Å². The van der Waals surface area contributed by atoms with Crippen molar-refractivity contribution in [2.45, 2.75) is 19.9 Å². The van der Waals surface area contributed by atoms with Gasteiger partial charge < -0.3 is 9.88 Å². The van der Waals surface area contributed by atoms with Crippen LogP contribution < -0.4 is 10.9 Å². The molecule has 5 nitrogen and oxygen atoms in total. The summed E-state index contributed by atoms with van der Waals surface area (Å²) in [5.41, 5.74) is 0.533. The molecule has 104 valence electrons. The molecule has 0 saturated carbocycles. The van der Waals surface area contributed by atoms with Crippen LogP contribution in [0.5, 0.6) is 0 Å². The van der Waals surface area contributed by atoms with Gasteiger partial charge in [0.15, 0.2) is 0 Å². The van der Waals surface area contributed by atoms with E-state index in [0.717, 1.165) is 12.5 Å². The van der Waals surface area contributed by atoms with E-state index in [0.29, 0.717) is 12.2 Å². The number of pyridine rings is 2. The van der Waals surface area contributed by atoms with E-state index in [1.165, 1.54) is 29.0 Å². The third-order valence-electron chi connectivity index (χ3n) is 2.69. The Bertz CT molecular complexity index is 682. The Morgan fingerprint density at radius 3 is 2.90 bits per heavy atom. The number of anilines is 1. The van der Waals surface area contributed by atoms with Crippen LogP contribution in [0.1, 0.15) is 23.7 Å². The largest absolute Gasteiger partial charge is 0.321 e. The fourth-order valence-electron chi connectivity index (χ4n) is 1.77. The second kappa shape index (κ2) is 6.10. The number of hydrogen-bond donors (Lipinski definition) is 1. The number of carbonyl (C=O) groups excluding carboxylic acids is 1. The Morgan fingerprint density at radius 1 is 1.40 bits per heavy atom. The lowest BCUT2D eigenvalue weighted by Gasteiger charge is -2.08. The Morgan fingerprint density at radius 2 is 2.20 bits per heavy atom. The maximum atomic E-state index is 12.9. The average Bonchev–Trinajstić information content (AvgIpc) is 2.43. The zero-order valence-electron chi connectivity index (χ0n) is 11.0. The SMILES string of the molecule is CCCn1cc(NC(=O)c2ccnc(F)c2)ccc1=O. The van der Waals surface area contributed by atoms with E-state index in [9.17, 15) is 14.0 Å². The van der Waals surface area contributed by atoms with Crippen molar-refractivity contribution in [2.75, 3.05) is 5.32 Å². The van der Waals surface area contributed by atoms with Crippen LogP contribution >= 0.6 is 0 Å². The molecule has 2 rings (SSSR count). The number of hydrogen-bond acceptors (Lipinski definition) is 3. The minimum absolute atomic E-state index is 0.125. The minimum atomic E-state index is -0.714. The molecule has 0 unspecified atom stereocenters. The molecule has 1 N–H and O–H groups in total. The third-order valence-corrected chi connectivity index (χ3v) is 2.69. The van der Waals surface area contributed by atoms with E-state index in [2.05, 4.69) is 10.3 Å². The number of nitrogens with one attached hydrogen (secondary N) is 1. The van der Waals surface area contributed by atoms with Crippen molar-refractivity contribution in [3.63, 3.8) is 0 Å². The molecule has 0 bridgehead atoms. The normalized spacial score (nSPS) is 10.3. The predicted molar refractivity (Wildman–Crippen MR) is 73.1 cm³/mol. The van der Waals surface area contributed by atoms with Gasteiger partial charge in [-0.05, 0) is 18.6 Å². The zero-order chi connectivity index (χ0) is 14.5. The Balaban J connectivity index is 2.19. The number of aromatic nitrogens is 2. The molecule has 2 aromatic rings. The Labute approximate surface area is 115 Å². The molecule has 0 aliphatic carbocycles. The van der Waals surface area contributed by atoms with Crippen molar-refractivity contribution < 1.29 is 9.18 Å². The van der Waals surface area contributed by atoms with Gasteiger partial charge in [0, 0.05) is 36.6 Å². The summed E-state index contributed by atoms with van der Waals surface area (Å²) in [7, 11) is 0. The molecule has 1 amide bonds. The first-order chi connectivity index (χ1) is 9.60. The number of halogens is 1. The van der Waals surface area contributed by atoms with E-state index in [1.54, 1.807) is 6.20 Å². The van der Waals surface area contributed by atoms with Crippen LogP contribution in [-0.2, 0) is 6.54 Å². The molecule has 0 aliphatic heterocycles. The monoisotopic (exact) mass is 275 g/mol. The van der Waals surface area contributed by atoms with Gasteiger partial charge in [-0.15, -0.1) is 0 Å². The molecule has 0 aromatic carbocycles. The van der Waals surface area contributed by atoms with E-state index < -0.39 is 11.9 Å². The van der Waals surface area contributed by atoms with Gasteiger partial charge in [-0.3, -0.25) is 9.59 Å². The molecule has 0 aliphatic rings. The van der Waals surface area contributed by atoms with Gasteiger partial charge in [0.25, 0.3) is 11.5 Å². The van der Waals surface area contributed by atoms with Gasteiger partial charge >= 0.3 is 0 Å². The first-order valence-electron chi connectivity index (χ1n) is 6.23. The zero-order valence-corrected chi connectivity index (χ0v) is 11.0.